The maximum Gasteiger partial charge on any atom is 0.228 e. The first-order valence-electron chi connectivity index (χ1n) is 5.19. The summed E-state index contributed by atoms with van der Waals surface area (Å²) in [6, 6.07) is 0. The maximum absolute atomic E-state index is 9.59. The first kappa shape index (κ1) is 13.9. The van der Waals surface area contributed by atoms with Gasteiger partial charge < -0.3 is 20.8 Å². The second-order valence-electron chi connectivity index (χ2n) is 3.79. The van der Waals surface area contributed by atoms with Crippen LogP contribution < -0.4 is 10.6 Å². The van der Waals surface area contributed by atoms with Crippen molar-refractivity contribution in [2.24, 2.45) is 0 Å². The van der Waals surface area contributed by atoms with Gasteiger partial charge in [-0.1, -0.05) is 0 Å². The minimum Gasteiger partial charge on any atom is -0.393 e. The fraction of sp³-hybridized carbons (Fsp3) is 0.667. The number of nitrogens with one attached hydrogen (secondary N) is 2. The minimum atomic E-state index is -1.24. The molecule has 0 bridgehead atoms. The topological polar surface area (TPSA) is 103 Å². The number of aliphatic hydroxyl groups is 2. The van der Waals surface area contributed by atoms with Crippen LogP contribution in [0, 0.1) is 0 Å². The summed E-state index contributed by atoms with van der Waals surface area (Å²) in [5.74, 6) is 0.605. The van der Waals surface area contributed by atoms with Crippen molar-refractivity contribution >= 4 is 23.5 Å². The molecule has 0 spiro atoms. The average molecular weight is 262 g/mol. The molecule has 0 fully saturated rings. The van der Waals surface area contributed by atoms with Crippen LogP contribution >= 0.6 is 11.6 Å². The number of anilines is 2. The van der Waals surface area contributed by atoms with E-state index in [0.717, 1.165) is 0 Å². The van der Waals surface area contributed by atoms with Crippen molar-refractivity contribution in [3.05, 3.63) is 5.28 Å². The van der Waals surface area contributed by atoms with E-state index in [2.05, 4.69) is 25.6 Å². The van der Waals surface area contributed by atoms with Crippen LogP contribution in [0.1, 0.15) is 13.8 Å². The van der Waals surface area contributed by atoms with Gasteiger partial charge in [-0.15, -0.1) is 0 Å². The van der Waals surface area contributed by atoms with E-state index in [9.17, 15) is 5.11 Å². The van der Waals surface area contributed by atoms with E-state index in [1.54, 1.807) is 0 Å². The molecule has 0 aromatic carbocycles. The lowest BCUT2D eigenvalue weighted by Crippen LogP contribution is -2.37. The normalized spacial score (nSPS) is 14.2. The van der Waals surface area contributed by atoms with Gasteiger partial charge in [-0.05, 0) is 25.4 Å². The Hall–Kier alpha value is -1.18. The summed E-state index contributed by atoms with van der Waals surface area (Å²) < 4.78 is 0. The predicted octanol–water partition coefficient (Wildman–Crippen LogP) is 0.112. The van der Waals surface area contributed by atoms with Crippen molar-refractivity contribution < 1.29 is 10.2 Å². The molecule has 7 nitrogen and oxygen atoms in total. The lowest BCUT2D eigenvalue weighted by atomic mass is 10.1. The number of halogens is 1. The SMILES string of the molecule is CCNc1nc(Cl)nc(NCC(C)(O)CO)n1. The molecule has 8 heteroatoms. The number of nitrogens with zero attached hydrogens (tertiary/aromatic N) is 3. The zero-order chi connectivity index (χ0) is 12.9. The Labute approximate surface area is 104 Å². The Morgan fingerprint density at radius 1 is 1.24 bits per heavy atom. The molecule has 0 radical (unpaired) electrons. The molecule has 1 unspecified atom stereocenters. The third-order valence-electron chi connectivity index (χ3n) is 1.91. The molecular formula is C9H16ClN5O2. The van der Waals surface area contributed by atoms with Crippen LogP contribution in [0.25, 0.3) is 0 Å². The van der Waals surface area contributed by atoms with Gasteiger partial charge in [-0.2, -0.15) is 15.0 Å². The Morgan fingerprint density at radius 3 is 2.35 bits per heavy atom. The number of hydrogen-bond donors (Lipinski definition) is 4. The van der Waals surface area contributed by atoms with E-state index in [4.69, 9.17) is 16.7 Å². The second kappa shape index (κ2) is 5.95. The summed E-state index contributed by atoms with van der Waals surface area (Å²) in [4.78, 5) is 11.8. The Bertz CT molecular complexity index is 374. The van der Waals surface area contributed by atoms with E-state index >= 15 is 0 Å². The van der Waals surface area contributed by atoms with Gasteiger partial charge in [0.15, 0.2) is 0 Å². The quantitative estimate of drug-likeness (QED) is 0.576. The molecule has 1 aromatic heterocycles. The van der Waals surface area contributed by atoms with Gasteiger partial charge in [0.05, 0.1) is 6.61 Å². The van der Waals surface area contributed by atoms with Gasteiger partial charge in [-0.3, -0.25) is 0 Å². The van der Waals surface area contributed by atoms with Gasteiger partial charge in [0.2, 0.25) is 17.2 Å². The summed E-state index contributed by atoms with van der Waals surface area (Å²) >= 11 is 5.72. The van der Waals surface area contributed by atoms with Gasteiger partial charge in [-0.25, -0.2) is 0 Å². The predicted molar refractivity (Wildman–Crippen MR) is 65.2 cm³/mol. The molecule has 96 valence electrons. The Morgan fingerprint density at radius 2 is 1.82 bits per heavy atom. The third-order valence-corrected chi connectivity index (χ3v) is 2.08. The van der Waals surface area contributed by atoms with Crippen molar-refractivity contribution in [2.75, 3.05) is 30.3 Å². The minimum absolute atomic E-state index is 0.0575. The highest BCUT2D eigenvalue weighted by Gasteiger charge is 2.19. The molecule has 0 saturated carbocycles. The van der Waals surface area contributed by atoms with Crippen LogP contribution in [0.15, 0.2) is 0 Å². The zero-order valence-electron chi connectivity index (χ0n) is 9.74. The van der Waals surface area contributed by atoms with E-state index in [0.29, 0.717) is 12.5 Å². The van der Waals surface area contributed by atoms with Crippen LogP contribution in [-0.2, 0) is 0 Å². The molecule has 0 amide bonds. The number of hydrogen-bond acceptors (Lipinski definition) is 7. The summed E-state index contributed by atoms with van der Waals surface area (Å²) in [5, 5.41) is 24.2. The van der Waals surface area contributed by atoms with Gasteiger partial charge >= 0.3 is 0 Å². The van der Waals surface area contributed by atoms with Crippen LogP contribution in [-0.4, -0.2) is 50.5 Å². The van der Waals surface area contributed by atoms with E-state index in [-0.39, 0.29) is 24.4 Å². The largest absolute Gasteiger partial charge is 0.393 e. The molecule has 17 heavy (non-hydrogen) atoms. The van der Waals surface area contributed by atoms with Gasteiger partial charge in [0.1, 0.15) is 5.60 Å². The van der Waals surface area contributed by atoms with Crippen molar-refractivity contribution in [3.8, 4) is 0 Å². The number of aromatic nitrogens is 3. The van der Waals surface area contributed by atoms with Crippen molar-refractivity contribution in [2.45, 2.75) is 19.4 Å². The van der Waals surface area contributed by atoms with Crippen LogP contribution in [0.3, 0.4) is 0 Å². The van der Waals surface area contributed by atoms with Crippen LogP contribution in [0.2, 0.25) is 5.28 Å². The summed E-state index contributed by atoms with van der Waals surface area (Å²) in [6.45, 7) is 3.80. The lowest BCUT2D eigenvalue weighted by Gasteiger charge is -2.20. The fourth-order valence-electron chi connectivity index (χ4n) is 0.992. The van der Waals surface area contributed by atoms with Gasteiger partial charge in [0, 0.05) is 13.1 Å². The standard InChI is InChI=1S/C9H16ClN5O2/c1-3-11-7-13-6(10)14-8(15-7)12-4-9(2,17)5-16/h16-17H,3-5H2,1-2H3,(H2,11,12,13,14,15). The highest BCUT2D eigenvalue weighted by Crippen LogP contribution is 2.10. The van der Waals surface area contributed by atoms with Crippen molar-refractivity contribution in [1.29, 1.82) is 0 Å². The highest BCUT2D eigenvalue weighted by molar-refractivity contribution is 6.28. The fourth-order valence-corrected chi connectivity index (χ4v) is 1.15. The summed E-state index contributed by atoms with van der Waals surface area (Å²) in [5.41, 5.74) is -1.24. The van der Waals surface area contributed by atoms with E-state index in [1.165, 1.54) is 6.92 Å². The molecule has 0 aliphatic rings. The maximum atomic E-state index is 9.59. The van der Waals surface area contributed by atoms with Crippen LogP contribution in [0.4, 0.5) is 11.9 Å². The molecule has 0 aliphatic heterocycles. The summed E-state index contributed by atoms with van der Waals surface area (Å²) in [6.07, 6.45) is 0. The summed E-state index contributed by atoms with van der Waals surface area (Å²) in [7, 11) is 0. The molecule has 1 rings (SSSR count). The van der Waals surface area contributed by atoms with E-state index < -0.39 is 5.60 Å². The number of aliphatic hydroxyl groups excluding tert-OH is 1. The first-order chi connectivity index (χ1) is 7.96. The molecule has 0 saturated heterocycles. The average Bonchev–Trinajstić information content (AvgIpc) is 2.26. The Balaban J connectivity index is 2.70. The molecular weight excluding hydrogens is 246 g/mol. The van der Waals surface area contributed by atoms with Crippen molar-refractivity contribution in [3.63, 3.8) is 0 Å². The smallest absolute Gasteiger partial charge is 0.228 e. The monoisotopic (exact) mass is 261 g/mol. The third kappa shape index (κ3) is 4.68. The van der Waals surface area contributed by atoms with Gasteiger partial charge in [0.25, 0.3) is 0 Å². The first-order valence-corrected chi connectivity index (χ1v) is 5.57. The van der Waals surface area contributed by atoms with Crippen LogP contribution in [0.5, 0.6) is 0 Å². The molecule has 0 aliphatic carbocycles. The second-order valence-corrected chi connectivity index (χ2v) is 4.13. The lowest BCUT2D eigenvalue weighted by molar-refractivity contribution is 0.0131. The molecule has 1 heterocycles. The Kier molecular flexibility index (Phi) is 4.86. The number of rotatable bonds is 6. The van der Waals surface area contributed by atoms with Crippen molar-refractivity contribution in [1.82, 2.24) is 15.0 Å². The molecule has 1 atom stereocenters. The molecule has 1 aromatic rings. The molecule has 4 N–H and O–H groups in total. The highest BCUT2D eigenvalue weighted by atomic mass is 35.5. The van der Waals surface area contributed by atoms with E-state index in [1.807, 2.05) is 6.92 Å². The zero-order valence-corrected chi connectivity index (χ0v) is 10.5.